The number of nitrogens with zero attached hydrogens (tertiary/aromatic N) is 1. The topological polar surface area (TPSA) is 60.2 Å². The summed E-state index contributed by atoms with van der Waals surface area (Å²) in [5.74, 6) is 6.83. The molecule has 0 unspecified atom stereocenters. The molecule has 1 aromatic heterocycles. The fraction of sp³-hybridized carbons (Fsp3) is 0.100. The Labute approximate surface area is 81.7 Å². The molecule has 0 amide bonds. The van der Waals surface area contributed by atoms with Crippen molar-refractivity contribution >= 4 is 16.6 Å². The minimum absolute atomic E-state index is 0.654. The van der Waals surface area contributed by atoms with Crippen molar-refractivity contribution in [1.82, 2.24) is 4.98 Å². The first-order valence-corrected chi connectivity index (χ1v) is 4.25. The van der Waals surface area contributed by atoms with Gasteiger partial charge in [-0.25, -0.2) is 10.8 Å². The number of pyridine rings is 1. The molecule has 0 saturated heterocycles. The zero-order valence-corrected chi connectivity index (χ0v) is 7.82. The number of methoxy groups -OCH3 is 1. The van der Waals surface area contributed by atoms with Gasteiger partial charge in [0.05, 0.1) is 7.11 Å². The Morgan fingerprint density at radius 2 is 2.14 bits per heavy atom. The van der Waals surface area contributed by atoms with Gasteiger partial charge in [-0.15, -0.1) is 0 Å². The number of hydrogen-bond donors (Lipinski definition) is 2. The highest BCUT2D eigenvalue weighted by molar-refractivity contribution is 5.95. The molecule has 0 aliphatic carbocycles. The van der Waals surface area contributed by atoms with Crippen molar-refractivity contribution in [3.63, 3.8) is 0 Å². The molecule has 0 fully saturated rings. The number of ether oxygens (including phenoxy) is 1. The zero-order valence-electron chi connectivity index (χ0n) is 7.82. The van der Waals surface area contributed by atoms with Crippen LogP contribution in [0.3, 0.4) is 0 Å². The molecule has 1 aromatic carbocycles. The molecule has 14 heavy (non-hydrogen) atoms. The molecule has 0 aliphatic heterocycles. The van der Waals surface area contributed by atoms with Gasteiger partial charge in [0.15, 0.2) is 0 Å². The first-order chi connectivity index (χ1) is 6.86. The van der Waals surface area contributed by atoms with Crippen LogP contribution in [-0.2, 0) is 0 Å². The van der Waals surface area contributed by atoms with Crippen LogP contribution in [0.25, 0.3) is 10.8 Å². The van der Waals surface area contributed by atoms with E-state index in [2.05, 4.69) is 10.4 Å². The summed E-state index contributed by atoms with van der Waals surface area (Å²) >= 11 is 0. The van der Waals surface area contributed by atoms with Crippen LogP contribution in [0.15, 0.2) is 30.5 Å². The molecule has 0 bridgehead atoms. The lowest BCUT2D eigenvalue weighted by Crippen LogP contribution is -2.08. The maximum Gasteiger partial charge on any atom is 0.147 e. The van der Waals surface area contributed by atoms with E-state index >= 15 is 0 Å². The van der Waals surface area contributed by atoms with Crippen molar-refractivity contribution in [3.05, 3.63) is 30.5 Å². The number of hydrazine groups is 1. The maximum absolute atomic E-state index is 5.35. The summed E-state index contributed by atoms with van der Waals surface area (Å²) < 4.78 is 5.23. The van der Waals surface area contributed by atoms with Crippen LogP contribution in [0, 0.1) is 0 Å². The second-order valence-corrected chi connectivity index (χ2v) is 2.86. The largest absolute Gasteiger partial charge is 0.496 e. The van der Waals surface area contributed by atoms with Gasteiger partial charge in [-0.05, 0) is 12.1 Å². The molecule has 72 valence electrons. The third-order valence-electron chi connectivity index (χ3n) is 2.12. The smallest absolute Gasteiger partial charge is 0.147 e. The summed E-state index contributed by atoms with van der Waals surface area (Å²) in [4.78, 5) is 4.11. The number of benzene rings is 1. The fourth-order valence-electron chi connectivity index (χ4n) is 1.47. The highest BCUT2D eigenvalue weighted by atomic mass is 16.5. The van der Waals surface area contributed by atoms with Gasteiger partial charge in [-0.1, -0.05) is 12.1 Å². The quantitative estimate of drug-likeness (QED) is 0.555. The lowest BCUT2D eigenvalue weighted by atomic mass is 10.1. The number of anilines is 1. The number of nitrogens with one attached hydrogen (secondary N) is 1. The SMILES string of the molecule is COc1cccc2c(NN)nccc12. The van der Waals surface area contributed by atoms with Gasteiger partial charge < -0.3 is 10.2 Å². The van der Waals surface area contributed by atoms with Gasteiger partial charge >= 0.3 is 0 Å². The van der Waals surface area contributed by atoms with Crippen molar-refractivity contribution in [3.8, 4) is 5.75 Å². The lowest BCUT2D eigenvalue weighted by molar-refractivity contribution is 0.420. The average Bonchev–Trinajstić information content (AvgIpc) is 2.27. The molecule has 0 spiro atoms. The number of nitrogen functional groups attached to an aromatic ring is 1. The second-order valence-electron chi connectivity index (χ2n) is 2.86. The molecular formula is C10H11N3O. The highest BCUT2D eigenvalue weighted by Crippen LogP contribution is 2.28. The minimum atomic E-state index is 0.654. The van der Waals surface area contributed by atoms with E-state index in [-0.39, 0.29) is 0 Å². The first-order valence-electron chi connectivity index (χ1n) is 4.25. The van der Waals surface area contributed by atoms with Crippen molar-refractivity contribution in [2.45, 2.75) is 0 Å². The normalized spacial score (nSPS) is 10.1. The summed E-state index contributed by atoms with van der Waals surface area (Å²) in [5, 5.41) is 1.95. The third-order valence-corrected chi connectivity index (χ3v) is 2.12. The monoisotopic (exact) mass is 189 g/mol. The van der Waals surface area contributed by atoms with Crippen molar-refractivity contribution in [2.24, 2.45) is 5.84 Å². The van der Waals surface area contributed by atoms with E-state index < -0.39 is 0 Å². The van der Waals surface area contributed by atoms with Crippen LogP contribution in [0.4, 0.5) is 5.82 Å². The lowest BCUT2D eigenvalue weighted by Gasteiger charge is -2.07. The van der Waals surface area contributed by atoms with Gasteiger partial charge in [-0.3, -0.25) is 0 Å². The van der Waals surface area contributed by atoms with E-state index in [1.807, 2.05) is 24.3 Å². The Morgan fingerprint density at radius 1 is 1.29 bits per heavy atom. The Balaban J connectivity index is 2.77. The van der Waals surface area contributed by atoms with Gasteiger partial charge in [0.2, 0.25) is 0 Å². The molecule has 0 aliphatic rings. The van der Waals surface area contributed by atoms with E-state index in [4.69, 9.17) is 10.6 Å². The first kappa shape index (κ1) is 8.77. The number of nitrogens with two attached hydrogens (primary N) is 1. The Hall–Kier alpha value is -1.81. The molecule has 4 nitrogen and oxygen atoms in total. The predicted molar refractivity (Wildman–Crippen MR) is 56.1 cm³/mol. The van der Waals surface area contributed by atoms with Gasteiger partial charge in [-0.2, -0.15) is 0 Å². The Bertz CT molecular complexity index is 413. The van der Waals surface area contributed by atoms with Gasteiger partial charge in [0, 0.05) is 17.0 Å². The second kappa shape index (κ2) is 3.51. The van der Waals surface area contributed by atoms with Crippen molar-refractivity contribution < 1.29 is 4.74 Å². The minimum Gasteiger partial charge on any atom is -0.496 e. The molecule has 3 N–H and O–H groups in total. The van der Waals surface area contributed by atoms with Gasteiger partial charge in [0.25, 0.3) is 0 Å². The summed E-state index contributed by atoms with van der Waals surface area (Å²) in [6.07, 6.45) is 1.69. The molecule has 4 heteroatoms. The number of hydrogen-bond acceptors (Lipinski definition) is 4. The van der Waals surface area contributed by atoms with Gasteiger partial charge in [0.1, 0.15) is 11.6 Å². The molecule has 0 saturated carbocycles. The van der Waals surface area contributed by atoms with E-state index in [9.17, 15) is 0 Å². The zero-order chi connectivity index (χ0) is 9.97. The standard InChI is InChI=1S/C10H11N3O/c1-14-9-4-2-3-8-7(9)5-6-12-10(8)13-11/h2-6H,11H2,1H3,(H,12,13). The van der Waals surface area contributed by atoms with Crippen LogP contribution < -0.4 is 16.0 Å². The molecule has 1 heterocycles. The summed E-state index contributed by atoms with van der Waals surface area (Å²) in [6, 6.07) is 7.65. The Kier molecular flexibility index (Phi) is 2.20. The Morgan fingerprint density at radius 3 is 2.86 bits per heavy atom. The summed E-state index contributed by atoms with van der Waals surface area (Å²) in [6.45, 7) is 0. The van der Waals surface area contributed by atoms with E-state index in [1.54, 1.807) is 13.3 Å². The molecule has 0 radical (unpaired) electrons. The molecule has 2 aromatic rings. The summed E-state index contributed by atoms with van der Waals surface area (Å²) in [5.41, 5.74) is 2.55. The van der Waals surface area contributed by atoms with Crippen LogP contribution in [-0.4, -0.2) is 12.1 Å². The van der Waals surface area contributed by atoms with Crippen molar-refractivity contribution in [1.29, 1.82) is 0 Å². The van der Waals surface area contributed by atoms with Crippen LogP contribution in [0.1, 0.15) is 0 Å². The number of rotatable bonds is 2. The highest BCUT2D eigenvalue weighted by Gasteiger charge is 2.04. The fourth-order valence-corrected chi connectivity index (χ4v) is 1.47. The average molecular weight is 189 g/mol. The van der Waals surface area contributed by atoms with Crippen molar-refractivity contribution in [2.75, 3.05) is 12.5 Å². The van der Waals surface area contributed by atoms with E-state index in [1.165, 1.54) is 0 Å². The number of fused-ring (bicyclic) bond motifs is 1. The predicted octanol–water partition coefficient (Wildman–Crippen LogP) is 1.53. The van der Waals surface area contributed by atoms with E-state index in [0.29, 0.717) is 5.82 Å². The van der Waals surface area contributed by atoms with Crippen LogP contribution >= 0.6 is 0 Å². The maximum atomic E-state index is 5.35. The van der Waals surface area contributed by atoms with E-state index in [0.717, 1.165) is 16.5 Å². The van der Waals surface area contributed by atoms with Crippen LogP contribution in [0.5, 0.6) is 5.75 Å². The summed E-state index contributed by atoms with van der Waals surface area (Å²) in [7, 11) is 1.64. The number of aromatic nitrogens is 1. The van der Waals surface area contributed by atoms with Crippen LogP contribution in [0.2, 0.25) is 0 Å². The molecule has 0 atom stereocenters. The third kappa shape index (κ3) is 1.25. The molecular weight excluding hydrogens is 178 g/mol. The molecule has 2 rings (SSSR count).